The normalized spacial score (nSPS) is 14.6. The number of nitrogens with two attached hydrogens (primary N) is 1. The first-order valence-corrected chi connectivity index (χ1v) is 6.58. The van der Waals surface area contributed by atoms with E-state index in [2.05, 4.69) is 54.9 Å². The lowest BCUT2D eigenvalue weighted by Crippen LogP contribution is -2.40. The lowest BCUT2D eigenvalue weighted by atomic mass is 10.1. The second-order valence-corrected chi connectivity index (χ2v) is 5.14. The molecule has 0 aliphatic rings. The van der Waals surface area contributed by atoms with Gasteiger partial charge in [0.25, 0.3) is 0 Å². The van der Waals surface area contributed by atoms with Crippen LogP contribution in [0.15, 0.2) is 18.3 Å². The predicted octanol–water partition coefficient (Wildman–Crippen LogP) is 1.88. The third kappa shape index (κ3) is 3.96. The topological polar surface area (TPSA) is 45.4 Å². The molecule has 18 heavy (non-hydrogen) atoms. The second-order valence-electron chi connectivity index (χ2n) is 5.14. The van der Waals surface area contributed by atoms with Crippen LogP contribution in [0.4, 0.5) is 5.82 Å². The first-order valence-electron chi connectivity index (χ1n) is 6.58. The highest BCUT2D eigenvalue weighted by Gasteiger charge is 2.14. The van der Waals surface area contributed by atoms with Gasteiger partial charge in [0.15, 0.2) is 0 Å². The summed E-state index contributed by atoms with van der Waals surface area (Å²) in [7, 11) is 4.19. The zero-order valence-corrected chi connectivity index (χ0v) is 12.2. The van der Waals surface area contributed by atoms with E-state index >= 15 is 0 Å². The van der Waals surface area contributed by atoms with E-state index in [-0.39, 0.29) is 6.04 Å². The molecule has 0 saturated heterocycles. The van der Waals surface area contributed by atoms with Gasteiger partial charge in [-0.05, 0) is 46.5 Å². The average molecular weight is 250 g/mol. The third-order valence-electron chi connectivity index (χ3n) is 3.09. The molecule has 0 aromatic carbocycles. The fourth-order valence-electron chi connectivity index (χ4n) is 2.16. The van der Waals surface area contributed by atoms with E-state index in [1.54, 1.807) is 0 Å². The Morgan fingerprint density at radius 2 is 1.94 bits per heavy atom. The Balaban J connectivity index is 2.81. The zero-order chi connectivity index (χ0) is 13.7. The number of hydrogen-bond donors (Lipinski definition) is 1. The minimum absolute atomic E-state index is 0.0424. The Morgan fingerprint density at radius 3 is 2.33 bits per heavy atom. The molecule has 1 aromatic heterocycles. The van der Waals surface area contributed by atoms with Crippen molar-refractivity contribution in [2.75, 3.05) is 32.1 Å². The van der Waals surface area contributed by atoms with Gasteiger partial charge in [0.05, 0.1) is 0 Å². The highest BCUT2D eigenvalue weighted by atomic mass is 15.2. The van der Waals surface area contributed by atoms with Crippen LogP contribution >= 0.6 is 0 Å². The van der Waals surface area contributed by atoms with Crippen LogP contribution in [0, 0.1) is 0 Å². The largest absolute Gasteiger partial charge is 0.353 e. The highest BCUT2D eigenvalue weighted by molar-refractivity contribution is 5.40. The SMILES string of the molecule is CCN(c1ccc([C@@H](C)N)cn1)C(C)CN(C)C. The van der Waals surface area contributed by atoms with E-state index in [4.69, 9.17) is 5.73 Å². The standard InChI is InChI=1S/C14H26N4/c1-6-18(11(2)10-17(4)5)14-8-7-13(9-16-14)12(3)15/h7-9,11-12H,6,10,15H2,1-5H3/t11?,12-/m1/s1. The summed E-state index contributed by atoms with van der Waals surface area (Å²) in [5, 5.41) is 0. The maximum Gasteiger partial charge on any atom is 0.128 e. The average Bonchev–Trinajstić information content (AvgIpc) is 2.29. The zero-order valence-electron chi connectivity index (χ0n) is 12.2. The lowest BCUT2D eigenvalue weighted by Gasteiger charge is -2.31. The Bertz CT molecular complexity index is 345. The minimum atomic E-state index is 0.0424. The molecule has 0 aliphatic carbocycles. The molecule has 1 heterocycles. The molecule has 0 amide bonds. The van der Waals surface area contributed by atoms with E-state index in [0.717, 1.165) is 24.5 Å². The van der Waals surface area contributed by atoms with Gasteiger partial charge in [-0.2, -0.15) is 0 Å². The molecular weight excluding hydrogens is 224 g/mol. The molecule has 1 rings (SSSR count). The van der Waals surface area contributed by atoms with E-state index in [0.29, 0.717) is 6.04 Å². The van der Waals surface area contributed by atoms with Gasteiger partial charge in [0.1, 0.15) is 5.82 Å². The number of pyridine rings is 1. The summed E-state index contributed by atoms with van der Waals surface area (Å²) in [6.45, 7) is 8.34. The van der Waals surface area contributed by atoms with Crippen molar-refractivity contribution < 1.29 is 0 Å². The van der Waals surface area contributed by atoms with Gasteiger partial charge in [0, 0.05) is 31.4 Å². The van der Waals surface area contributed by atoms with Crippen molar-refractivity contribution >= 4 is 5.82 Å². The number of likely N-dealkylation sites (N-methyl/N-ethyl adjacent to an activating group) is 2. The van der Waals surface area contributed by atoms with Crippen molar-refractivity contribution in [2.45, 2.75) is 32.9 Å². The fourth-order valence-corrected chi connectivity index (χ4v) is 2.16. The summed E-state index contributed by atoms with van der Waals surface area (Å²) in [4.78, 5) is 9.04. The van der Waals surface area contributed by atoms with Crippen molar-refractivity contribution in [1.82, 2.24) is 9.88 Å². The maximum absolute atomic E-state index is 5.84. The number of anilines is 1. The van der Waals surface area contributed by atoms with Gasteiger partial charge < -0.3 is 15.5 Å². The first kappa shape index (κ1) is 14.9. The molecule has 0 aliphatic heterocycles. The summed E-state index contributed by atoms with van der Waals surface area (Å²) in [6.07, 6.45) is 1.88. The smallest absolute Gasteiger partial charge is 0.128 e. The van der Waals surface area contributed by atoms with E-state index in [9.17, 15) is 0 Å². The Labute approximate surface area is 111 Å². The number of nitrogens with zero attached hydrogens (tertiary/aromatic N) is 3. The summed E-state index contributed by atoms with van der Waals surface area (Å²) >= 11 is 0. The molecule has 2 atom stereocenters. The minimum Gasteiger partial charge on any atom is -0.353 e. The Hall–Kier alpha value is -1.13. The van der Waals surface area contributed by atoms with Crippen LogP contribution in [-0.2, 0) is 0 Å². The van der Waals surface area contributed by atoms with Crippen molar-refractivity contribution in [1.29, 1.82) is 0 Å². The van der Waals surface area contributed by atoms with Gasteiger partial charge in [-0.3, -0.25) is 0 Å². The number of hydrogen-bond acceptors (Lipinski definition) is 4. The van der Waals surface area contributed by atoms with Gasteiger partial charge in [-0.1, -0.05) is 6.07 Å². The van der Waals surface area contributed by atoms with Crippen molar-refractivity contribution in [3.63, 3.8) is 0 Å². The van der Waals surface area contributed by atoms with Crippen molar-refractivity contribution in [3.8, 4) is 0 Å². The third-order valence-corrected chi connectivity index (χ3v) is 3.09. The molecule has 1 unspecified atom stereocenters. The predicted molar refractivity (Wildman–Crippen MR) is 77.9 cm³/mol. The van der Waals surface area contributed by atoms with E-state index in [1.807, 2.05) is 13.1 Å². The van der Waals surface area contributed by atoms with Crippen LogP contribution in [0.2, 0.25) is 0 Å². The molecular formula is C14H26N4. The number of rotatable bonds is 6. The number of aromatic nitrogens is 1. The molecule has 2 N–H and O–H groups in total. The van der Waals surface area contributed by atoms with Crippen LogP contribution in [0.3, 0.4) is 0 Å². The summed E-state index contributed by atoms with van der Waals surface area (Å²) in [5.74, 6) is 1.02. The maximum atomic E-state index is 5.84. The van der Waals surface area contributed by atoms with Crippen LogP contribution in [0.1, 0.15) is 32.4 Å². The van der Waals surface area contributed by atoms with E-state index in [1.165, 1.54) is 0 Å². The van der Waals surface area contributed by atoms with Crippen molar-refractivity contribution in [2.24, 2.45) is 5.73 Å². The van der Waals surface area contributed by atoms with Crippen molar-refractivity contribution in [3.05, 3.63) is 23.9 Å². The van der Waals surface area contributed by atoms with Crippen LogP contribution in [0.25, 0.3) is 0 Å². The lowest BCUT2D eigenvalue weighted by molar-refractivity contribution is 0.372. The Morgan fingerprint density at radius 1 is 1.28 bits per heavy atom. The van der Waals surface area contributed by atoms with Gasteiger partial charge in [0.2, 0.25) is 0 Å². The van der Waals surface area contributed by atoms with Crippen LogP contribution in [-0.4, -0.2) is 43.1 Å². The summed E-state index contributed by atoms with van der Waals surface area (Å²) in [6, 6.07) is 4.62. The highest BCUT2D eigenvalue weighted by Crippen LogP contribution is 2.17. The molecule has 0 spiro atoms. The van der Waals surface area contributed by atoms with E-state index < -0.39 is 0 Å². The van der Waals surface area contributed by atoms with Crippen LogP contribution < -0.4 is 10.6 Å². The molecule has 102 valence electrons. The summed E-state index contributed by atoms with van der Waals surface area (Å²) < 4.78 is 0. The molecule has 0 fully saturated rings. The second kappa shape index (κ2) is 6.71. The van der Waals surface area contributed by atoms with Gasteiger partial charge in [-0.15, -0.1) is 0 Å². The first-order chi connectivity index (χ1) is 8.45. The van der Waals surface area contributed by atoms with Crippen LogP contribution in [0.5, 0.6) is 0 Å². The molecule has 4 heteroatoms. The van der Waals surface area contributed by atoms with Gasteiger partial charge in [-0.25, -0.2) is 4.98 Å². The fraction of sp³-hybridized carbons (Fsp3) is 0.643. The molecule has 0 saturated carbocycles. The van der Waals surface area contributed by atoms with Gasteiger partial charge >= 0.3 is 0 Å². The monoisotopic (exact) mass is 250 g/mol. The molecule has 0 bridgehead atoms. The Kier molecular flexibility index (Phi) is 5.56. The molecule has 4 nitrogen and oxygen atoms in total. The quantitative estimate of drug-likeness (QED) is 0.837. The molecule has 0 radical (unpaired) electrons. The summed E-state index contributed by atoms with van der Waals surface area (Å²) in [5.41, 5.74) is 6.92. The molecule has 1 aromatic rings.